The Labute approximate surface area is 169 Å². The van der Waals surface area contributed by atoms with E-state index in [2.05, 4.69) is 5.32 Å². The van der Waals surface area contributed by atoms with Crippen LogP contribution in [0, 0.1) is 11.8 Å². The predicted octanol–water partition coefficient (Wildman–Crippen LogP) is 0.612. The number of carbonyl (C=O) groups excluding carboxylic acids is 3. The van der Waals surface area contributed by atoms with Gasteiger partial charge in [0.2, 0.25) is 11.8 Å². The largest absolute Gasteiger partial charge is 0.395 e. The molecule has 1 unspecified atom stereocenters. The molecule has 8 nitrogen and oxygen atoms in total. The number of amides is 2. The van der Waals surface area contributed by atoms with Crippen LogP contribution in [-0.4, -0.2) is 83.2 Å². The first-order valence-corrected chi connectivity index (χ1v) is 9.92. The molecule has 3 N–H and O–H groups in total. The lowest BCUT2D eigenvalue weighted by molar-refractivity contribution is -0.147. The van der Waals surface area contributed by atoms with Gasteiger partial charge in [-0.15, -0.1) is 0 Å². The average Bonchev–Trinajstić information content (AvgIpc) is 2.57. The van der Waals surface area contributed by atoms with Crippen molar-refractivity contribution in [2.45, 2.75) is 71.7 Å². The molecule has 28 heavy (non-hydrogen) atoms. The lowest BCUT2D eigenvalue weighted by Crippen LogP contribution is -2.65. The van der Waals surface area contributed by atoms with Gasteiger partial charge in [0, 0.05) is 20.1 Å². The number of aliphatic hydroxyl groups is 2. The standard InChI is InChI=1S/C20H39N3O5/c1-14(2)8-17(12-24)21-20(13-25,10-15(3)4)23(7)19(28)11-22(6)18(27)9-16(5)26/h13-17,21,24,26H,8-12H2,1-7H3/t16-,17?,20+/m1/s1. The second-order valence-corrected chi connectivity index (χ2v) is 8.55. The van der Waals surface area contributed by atoms with Crippen molar-refractivity contribution in [1.29, 1.82) is 0 Å². The zero-order chi connectivity index (χ0) is 22.1. The van der Waals surface area contributed by atoms with Crippen LogP contribution in [0.25, 0.3) is 0 Å². The van der Waals surface area contributed by atoms with Crippen LogP contribution in [-0.2, 0) is 14.4 Å². The van der Waals surface area contributed by atoms with E-state index in [1.807, 2.05) is 27.7 Å². The highest BCUT2D eigenvalue weighted by Gasteiger charge is 2.40. The topological polar surface area (TPSA) is 110 Å². The van der Waals surface area contributed by atoms with Gasteiger partial charge in [-0.2, -0.15) is 0 Å². The van der Waals surface area contributed by atoms with Crippen LogP contribution in [0.15, 0.2) is 0 Å². The van der Waals surface area contributed by atoms with Crippen molar-refractivity contribution in [1.82, 2.24) is 15.1 Å². The van der Waals surface area contributed by atoms with Crippen LogP contribution in [0.3, 0.4) is 0 Å². The molecule has 3 atom stereocenters. The molecule has 0 aromatic heterocycles. The number of nitrogens with one attached hydrogen (secondary N) is 1. The first kappa shape index (κ1) is 26.5. The minimum absolute atomic E-state index is 0.0719. The Morgan fingerprint density at radius 1 is 1.07 bits per heavy atom. The fourth-order valence-electron chi connectivity index (χ4n) is 3.21. The fraction of sp³-hybridized carbons (Fsp3) is 0.850. The lowest BCUT2D eigenvalue weighted by Gasteiger charge is -2.42. The number of carbonyl (C=O) groups is 3. The van der Waals surface area contributed by atoms with Gasteiger partial charge >= 0.3 is 0 Å². The fourth-order valence-corrected chi connectivity index (χ4v) is 3.21. The highest BCUT2D eigenvalue weighted by Crippen LogP contribution is 2.21. The molecule has 0 spiro atoms. The summed E-state index contributed by atoms with van der Waals surface area (Å²) in [5.41, 5.74) is -1.28. The summed E-state index contributed by atoms with van der Waals surface area (Å²) in [5, 5.41) is 22.3. The van der Waals surface area contributed by atoms with Crippen LogP contribution in [0.5, 0.6) is 0 Å². The quantitative estimate of drug-likeness (QED) is 0.308. The summed E-state index contributed by atoms with van der Waals surface area (Å²) < 4.78 is 0. The molecule has 0 radical (unpaired) electrons. The number of likely N-dealkylation sites (N-methyl/N-ethyl adjacent to an activating group) is 2. The van der Waals surface area contributed by atoms with Gasteiger partial charge in [-0.1, -0.05) is 27.7 Å². The summed E-state index contributed by atoms with van der Waals surface area (Å²) >= 11 is 0. The maximum absolute atomic E-state index is 12.8. The molecule has 0 aliphatic carbocycles. The highest BCUT2D eigenvalue weighted by atomic mass is 16.3. The zero-order valence-electron chi connectivity index (χ0n) is 18.4. The molecule has 0 bridgehead atoms. The Hall–Kier alpha value is -1.51. The maximum atomic E-state index is 12.8. The molecule has 0 aliphatic heterocycles. The summed E-state index contributed by atoms with van der Waals surface area (Å²) in [7, 11) is 3.02. The maximum Gasteiger partial charge on any atom is 0.243 e. The van der Waals surface area contributed by atoms with Gasteiger partial charge in [0.25, 0.3) is 0 Å². The Kier molecular flexibility index (Phi) is 11.5. The van der Waals surface area contributed by atoms with Crippen molar-refractivity contribution in [3.8, 4) is 0 Å². The van der Waals surface area contributed by atoms with Crippen LogP contribution >= 0.6 is 0 Å². The minimum Gasteiger partial charge on any atom is -0.395 e. The molecule has 8 heteroatoms. The summed E-state index contributed by atoms with van der Waals surface area (Å²) in [6.07, 6.45) is 0.876. The molecule has 164 valence electrons. The van der Waals surface area contributed by atoms with Gasteiger partial charge in [0.05, 0.1) is 25.7 Å². The lowest BCUT2D eigenvalue weighted by atomic mass is 9.94. The summed E-state index contributed by atoms with van der Waals surface area (Å²) in [4.78, 5) is 39.6. The van der Waals surface area contributed by atoms with E-state index in [0.29, 0.717) is 25.0 Å². The van der Waals surface area contributed by atoms with Crippen LogP contribution in [0.4, 0.5) is 0 Å². The Morgan fingerprint density at radius 2 is 1.64 bits per heavy atom. The molecule has 2 amide bonds. The van der Waals surface area contributed by atoms with Crippen LogP contribution in [0.1, 0.15) is 53.9 Å². The third kappa shape index (κ3) is 8.67. The monoisotopic (exact) mass is 401 g/mol. The Bertz CT molecular complexity index is 510. The first-order valence-electron chi connectivity index (χ1n) is 9.92. The molecule has 0 fully saturated rings. The molecule has 0 aromatic carbocycles. The number of aldehydes is 1. The van der Waals surface area contributed by atoms with E-state index in [1.54, 1.807) is 0 Å². The number of aliphatic hydroxyl groups excluding tert-OH is 2. The molecule has 0 rings (SSSR count). The van der Waals surface area contributed by atoms with Crippen molar-refractivity contribution in [3.05, 3.63) is 0 Å². The Balaban J connectivity index is 5.49. The molecule has 0 saturated heterocycles. The third-order valence-corrected chi connectivity index (χ3v) is 4.59. The summed E-state index contributed by atoms with van der Waals surface area (Å²) in [6, 6.07) is -0.339. The van der Waals surface area contributed by atoms with Crippen molar-refractivity contribution < 1.29 is 24.6 Å². The molecule has 0 aliphatic rings. The number of hydrogen-bond donors (Lipinski definition) is 3. The number of nitrogens with zero attached hydrogens (tertiary/aromatic N) is 2. The predicted molar refractivity (Wildman–Crippen MR) is 108 cm³/mol. The first-order chi connectivity index (χ1) is 12.9. The van der Waals surface area contributed by atoms with Gasteiger partial charge in [-0.05, 0) is 31.6 Å². The van der Waals surface area contributed by atoms with Crippen molar-refractivity contribution in [2.75, 3.05) is 27.2 Å². The smallest absolute Gasteiger partial charge is 0.243 e. The second-order valence-electron chi connectivity index (χ2n) is 8.55. The number of hydrogen-bond acceptors (Lipinski definition) is 6. The van der Waals surface area contributed by atoms with Crippen LogP contribution in [0.2, 0.25) is 0 Å². The normalized spacial score (nSPS) is 15.8. The van der Waals surface area contributed by atoms with Crippen molar-refractivity contribution >= 4 is 18.1 Å². The van der Waals surface area contributed by atoms with E-state index < -0.39 is 17.7 Å². The van der Waals surface area contributed by atoms with Crippen molar-refractivity contribution in [3.63, 3.8) is 0 Å². The van der Waals surface area contributed by atoms with Gasteiger partial charge in [0.15, 0.2) is 11.9 Å². The van der Waals surface area contributed by atoms with Gasteiger partial charge in [0.1, 0.15) is 0 Å². The minimum atomic E-state index is -1.28. The second kappa shape index (κ2) is 12.1. The number of rotatable bonds is 13. The molecular formula is C20H39N3O5. The molecule has 0 aromatic rings. The Morgan fingerprint density at radius 3 is 2.04 bits per heavy atom. The van der Waals surface area contributed by atoms with Gasteiger partial charge < -0.3 is 20.0 Å². The molecule has 0 saturated carbocycles. The van der Waals surface area contributed by atoms with Gasteiger partial charge in [-0.3, -0.25) is 19.7 Å². The van der Waals surface area contributed by atoms with E-state index in [1.165, 1.54) is 30.8 Å². The van der Waals surface area contributed by atoms with E-state index in [4.69, 9.17) is 0 Å². The SMILES string of the molecule is CC(C)CC(CO)N[C@@](C=O)(CC(C)C)N(C)C(=O)CN(C)C(=O)C[C@@H](C)O. The van der Waals surface area contributed by atoms with Crippen molar-refractivity contribution in [2.24, 2.45) is 11.8 Å². The van der Waals surface area contributed by atoms with Crippen LogP contribution < -0.4 is 5.32 Å². The zero-order valence-corrected chi connectivity index (χ0v) is 18.4. The molecule has 0 heterocycles. The van der Waals surface area contributed by atoms with Gasteiger partial charge in [-0.25, -0.2) is 0 Å². The average molecular weight is 402 g/mol. The summed E-state index contributed by atoms with van der Waals surface area (Å²) in [5.74, 6) is -0.333. The molecular weight excluding hydrogens is 362 g/mol. The highest BCUT2D eigenvalue weighted by molar-refractivity contribution is 5.87. The van der Waals surface area contributed by atoms with E-state index >= 15 is 0 Å². The van der Waals surface area contributed by atoms with E-state index in [-0.39, 0.29) is 37.4 Å². The third-order valence-electron chi connectivity index (χ3n) is 4.59. The van der Waals surface area contributed by atoms with E-state index in [9.17, 15) is 24.6 Å². The summed E-state index contributed by atoms with van der Waals surface area (Å²) in [6.45, 7) is 9.10. The van der Waals surface area contributed by atoms with E-state index in [0.717, 1.165) is 0 Å².